The molecule has 3 N–H and O–H groups in total. The maximum Gasteiger partial charge on any atom is 0.549 e. The highest BCUT2D eigenvalue weighted by atomic mass is 32.2. The molecule has 2 rings (SSSR count). The standard InChI is InChI=1S/C16H21NO6S/c1-9-10(14(18)19)5-6-11-12(7-8-24(21,22)13(9)11)17-15(20)23-16(2,3)4/h5-6,12H,7-8H2,1-4H3,(H,17,20)(H,18,19)/p+1. The average molecular weight is 356 g/mol. The summed E-state index contributed by atoms with van der Waals surface area (Å²) in [5, 5.41) is 9.93. The molecule has 132 valence electrons. The van der Waals surface area contributed by atoms with Crippen molar-refractivity contribution < 1.29 is 27.9 Å². The zero-order chi connectivity index (χ0) is 18.3. The van der Waals surface area contributed by atoms with Crippen LogP contribution < -0.4 is 5.32 Å². The number of ether oxygens (including phenoxy) is 1. The van der Waals surface area contributed by atoms with Gasteiger partial charge in [-0.1, -0.05) is 6.07 Å². The Labute approximate surface area is 140 Å². The summed E-state index contributed by atoms with van der Waals surface area (Å²) < 4.78 is 30.0. The Morgan fingerprint density at radius 3 is 2.46 bits per heavy atom. The van der Waals surface area contributed by atoms with Gasteiger partial charge in [-0.2, -0.15) is 0 Å². The van der Waals surface area contributed by atoms with Gasteiger partial charge in [0.2, 0.25) is 0 Å². The Bertz CT molecular complexity index is 792. The minimum absolute atomic E-state index is 0.0351. The summed E-state index contributed by atoms with van der Waals surface area (Å²) >= 11 is 0. The summed E-state index contributed by atoms with van der Waals surface area (Å²) in [6, 6.07) is 2.39. The fourth-order valence-electron chi connectivity index (χ4n) is 2.78. The summed E-state index contributed by atoms with van der Waals surface area (Å²) in [6.45, 7) is 6.72. The van der Waals surface area contributed by atoms with Crippen molar-refractivity contribution in [2.45, 2.75) is 50.7 Å². The lowest BCUT2D eigenvalue weighted by Crippen LogP contribution is -2.38. The summed E-state index contributed by atoms with van der Waals surface area (Å²) in [5.74, 6) is -1.08. The van der Waals surface area contributed by atoms with Gasteiger partial charge in [-0.25, -0.2) is 13.2 Å². The van der Waals surface area contributed by atoms with E-state index in [1.165, 1.54) is 19.1 Å². The molecule has 1 aromatic carbocycles. The maximum absolute atomic E-state index is 12.4. The van der Waals surface area contributed by atoms with Crippen molar-refractivity contribution in [3.8, 4) is 0 Å². The average Bonchev–Trinajstić information content (AvgIpc) is 2.39. The first-order chi connectivity index (χ1) is 10.9. The molecule has 1 unspecified atom stereocenters. The van der Waals surface area contributed by atoms with Crippen LogP contribution in [-0.4, -0.2) is 36.9 Å². The fraction of sp³-hybridized carbons (Fsp3) is 0.500. The molecule has 24 heavy (non-hydrogen) atoms. The predicted molar refractivity (Wildman–Crippen MR) is 87.9 cm³/mol. The Morgan fingerprint density at radius 2 is 1.92 bits per heavy atom. The van der Waals surface area contributed by atoms with Gasteiger partial charge < -0.3 is 15.2 Å². The third-order valence-electron chi connectivity index (χ3n) is 3.73. The van der Waals surface area contributed by atoms with Crippen LogP contribution >= 0.6 is 0 Å². The molecule has 8 heteroatoms. The molecule has 1 aliphatic heterocycles. The van der Waals surface area contributed by atoms with E-state index in [2.05, 4.69) is 5.32 Å². The van der Waals surface area contributed by atoms with Crippen LogP contribution in [0.15, 0.2) is 17.0 Å². The lowest BCUT2D eigenvalue weighted by molar-refractivity contribution is 0.0500. The summed E-state index contributed by atoms with van der Waals surface area (Å²) in [7, 11) is -3.56. The van der Waals surface area contributed by atoms with Gasteiger partial charge in [-0.05, 0) is 51.3 Å². The van der Waals surface area contributed by atoms with E-state index < -0.39 is 33.5 Å². The molecule has 1 atom stereocenters. The number of carbonyl (C=O) groups is 2. The molecule has 1 heterocycles. The summed E-state index contributed by atoms with van der Waals surface area (Å²) in [5.41, 5.74) is 0.0680. The summed E-state index contributed by atoms with van der Waals surface area (Å²) in [6.07, 6.45) is -0.404. The number of benzene rings is 1. The fourth-order valence-corrected chi connectivity index (χ4v) is 4.67. The number of rotatable bonds is 2. The highest BCUT2D eigenvalue weighted by Crippen LogP contribution is 2.36. The molecule has 0 spiro atoms. The second-order valence-corrected chi connectivity index (χ2v) is 8.84. The van der Waals surface area contributed by atoms with E-state index >= 15 is 0 Å². The van der Waals surface area contributed by atoms with E-state index in [0.717, 1.165) is 0 Å². The van der Waals surface area contributed by atoms with Crippen LogP contribution in [0.5, 0.6) is 0 Å². The Kier molecular flexibility index (Phi) is 4.63. The SMILES string of the molecule is Cc1c(C(=O)[OH2+])ccc2c1S(=O)(=O)CCC2NC(=O)OC(C)(C)C. The van der Waals surface area contributed by atoms with Crippen LogP contribution in [-0.2, 0) is 14.6 Å². The van der Waals surface area contributed by atoms with Crippen LogP contribution in [0.2, 0.25) is 0 Å². The number of hydrogen-bond acceptors (Lipinski definition) is 5. The molecule has 0 aromatic heterocycles. The van der Waals surface area contributed by atoms with Crippen molar-refractivity contribution in [2.75, 3.05) is 5.75 Å². The number of fused-ring (bicyclic) bond motifs is 1. The largest absolute Gasteiger partial charge is 0.561 e. The maximum atomic E-state index is 12.4. The van der Waals surface area contributed by atoms with Crippen LogP contribution in [0.4, 0.5) is 4.79 Å². The summed E-state index contributed by atoms with van der Waals surface area (Å²) in [4.78, 5) is 23.4. The second-order valence-electron chi connectivity index (χ2n) is 6.79. The molecule has 0 saturated heterocycles. The van der Waals surface area contributed by atoms with Crippen LogP contribution in [0, 0.1) is 6.92 Å². The first-order valence-electron chi connectivity index (χ1n) is 7.54. The van der Waals surface area contributed by atoms with Crippen LogP contribution in [0.3, 0.4) is 0 Å². The second kappa shape index (κ2) is 6.08. The van der Waals surface area contributed by atoms with Crippen molar-refractivity contribution in [1.29, 1.82) is 0 Å². The lowest BCUT2D eigenvalue weighted by Gasteiger charge is -2.29. The minimum atomic E-state index is -3.56. The molecule has 7 nitrogen and oxygen atoms in total. The third kappa shape index (κ3) is 3.69. The third-order valence-corrected chi connectivity index (χ3v) is 5.67. The van der Waals surface area contributed by atoms with Gasteiger partial charge in [-0.3, -0.25) is 0 Å². The van der Waals surface area contributed by atoms with Gasteiger partial charge in [0.05, 0.1) is 16.7 Å². The number of alkyl carbamates (subject to hydrolysis) is 1. The van der Waals surface area contributed by atoms with E-state index in [-0.39, 0.29) is 28.2 Å². The first kappa shape index (κ1) is 18.3. The Morgan fingerprint density at radius 1 is 1.29 bits per heavy atom. The van der Waals surface area contributed by atoms with Crippen molar-refractivity contribution in [3.63, 3.8) is 0 Å². The first-order valence-corrected chi connectivity index (χ1v) is 9.19. The van der Waals surface area contributed by atoms with E-state index in [1.807, 2.05) is 0 Å². The zero-order valence-corrected chi connectivity index (χ0v) is 14.9. The van der Waals surface area contributed by atoms with Gasteiger partial charge in [0.25, 0.3) is 0 Å². The van der Waals surface area contributed by atoms with E-state index in [1.54, 1.807) is 20.8 Å². The molecule has 0 radical (unpaired) electrons. The molecular weight excluding hydrogens is 334 g/mol. The van der Waals surface area contributed by atoms with Gasteiger partial charge >= 0.3 is 12.1 Å². The molecule has 0 saturated carbocycles. The molecule has 1 amide bonds. The molecular formula is C16H22NO6S+. The monoisotopic (exact) mass is 356 g/mol. The quantitative estimate of drug-likeness (QED) is 0.809. The van der Waals surface area contributed by atoms with Gasteiger partial charge in [0.1, 0.15) is 11.2 Å². The normalized spacial score (nSPS) is 19.2. The number of hydrogen-bond donors (Lipinski definition) is 1. The highest BCUT2D eigenvalue weighted by Gasteiger charge is 2.35. The molecule has 0 aliphatic carbocycles. The molecule has 0 fully saturated rings. The number of amides is 1. The molecule has 1 aliphatic rings. The number of nitrogens with one attached hydrogen (secondary N) is 1. The van der Waals surface area contributed by atoms with Gasteiger partial charge in [-0.15, -0.1) is 0 Å². The lowest BCUT2D eigenvalue weighted by atomic mass is 9.98. The van der Waals surface area contributed by atoms with Crippen molar-refractivity contribution >= 4 is 21.9 Å². The molecule has 1 aromatic rings. The van der Waals surface area contributed by atoms with Crippen molar-refractivity contribution in [2.24, 2.45) is 0 Å². The highest BCUT2D eigenvalue weighted by molar-refractivity contribution is 7.91. The van der Waals surface area contributed by atoms with Crippen molar-refractivity contribution in [3.05, 3.63) is 28.8 Å². The Balaban J connectivity index is 2.43. The van der Waals surface area contributed by atoms with E-state index in [4.69, 9.17) is 9.84 Å². The smallest absolute Gasteiger partial charge is 0.549 e. The van der Waals surface area contributed by atoms with E-state index in [0.29, 0.717) is 5.56 Å². The van der Waals surface area contributed by atoms with Crippen molar-refractivity contribution in [1.82, 2.24) is 5.32 Å². The zero-order valence-electron chi connectivity index (χ0n) is 14.1. The Hall–Kier alpha value is -2.09. The topological polar surface area (TPSA) is 112 Å². The predicted octanol–water partition coefficient (Wildman–Crippen LogP) is 1.60. The van der Waals surface area contributed by atoms with Gasteiger partial charge in [0.15, 0.2) is 9.84 Å². The van der Waals surface area contributed by atoms with Crippen LogP contribution in [0.25, 0.3) is 0 Å². The number of carbonyl (C=O) groups excluding carboxylic acids is 2. The number of sulfone groups is 1. The molecule has 0 bridgehead atoms. The van der Waals surface area contributed by atoms with Crippen LogP contribution in [0.1, 0.15) is 54.7 Å². The van der Waals surface area contributed by atoms with E-state index in [9.17, 15) is 18.0 Å². The minimum Gasteiger partial charge on any atom is -0.561 e. The van der Waals surface area contributed by atoms with Gasteiger partial charge in [0, 0.05) is 4.79 Å².